The molecule has 0 aromatic heterocycles. The molecule has 2 rings (SSSR count). The Morgan fingerprint density at radius 3 is 2.81 bits per heavy atom. The molecule has 0 heterocycles. The maximum atomic E-state index is 12.8. The number of nitrogens with one attached hydrogen (secondary N) is 1. The van der Waals surface area contributed by atoms with Crippen molar-refractivity contribution in [1.29, 1.82) is 0 Å². The molecule has 0 fully saturated rings. The van der Waals surface area contributed by atoms with E-state index in [-0.39, 0.29) is 12.0 Å². The van der Waals surface area contributed by atoms with Gasteiger partial charge in [0, 0.05) is 6.04 Å². The molecule has 1 aliphatic rings. The Kier molecular flexibility index (Phi) is 5.04. The number of benzene rings is 1. The average molecular weight is 289 g/mol. The van der Waals surface area contributed by atoms with Crippen LogP contribution in [0.5, 0.6) is 0 Å². The molecule has 3 atom stereocenters. The van der Waals surface area contributed by atoms with Crippen LogP contribution in [-0.4, -0.2) is 18.6 Å². The third-order valence-electron chi connectivity index (χ3n) is 4.63. The van der Waals surface area contributed by atoms with Crippen molar-refractivity contribution in [2.24, 2.45) is 0 Å². The standard InChI is InChI=1S/C18H27NO2/c1-5-14(4)19-18(17(20)21-6-2)12-11-13(3)15-9-7-8-10-16(15)18/h7-10,13-14,19H,5-6,11-12H2,1-4H3. The predicted octanol–water partition coefficient (Wildman–Crippen LogP) is 3.73. The van der Waals surface area contributed by atoms with Crippen LogP contribution in [0.25, 0.3) is 0 Å². The summed E-state index contributed by atoms with van der Waals surface area (Å²) in [5.41, 5.74) is 1.68. The molecule has 1 aromatic carbocycles. The lowest BCUT2D eigenvalue weighted by Crippen LogP contribution is -2.55. The second kappa shape index (κ2) is 6.61. The van der Waals surface area contributed by atoms with Crippen molar-refractivity contribution in [3.05, 3.63) is 35.4 Å². The second-order valence-corrected chi connectivity index (χ2v) is 6.11. The summed E-state index contributed by atoms with van der Waals surface area (Å²) in [6, 6.07) is 8.57. The van der Waals surface area contributed by atoms with E-state index in [1.807, 2.05) is 13.0 Å². The second-order valence-electron chi connectivity index (χ2n) is 6.11. The van der Waals surface area contributed by atoms with Gasteiger partial charge in [0.1, 0.15) is 5.54 Å². The van der Waals surface area contributed by atoms with Crippen molar-refractivity contribution >= 4 is 5.97 Å². The summed E-state index contributed by atoms with van der Waals surface area (Å²) < 4.78 is 5.42. The van der Waals surface area contributed by atoms with Gasteiger partial charge in [-0.25, -0.2) is 4.79 Å². The third kappa shape index (κ3) is 2.98. The van der Waals surface area contributed by atoms with Crippen LogP contribution in [0.1, 0.15) is 64.0 Å². The van der Waals surface area contributed by atoms with Crippen LogP contribution < -0.4 is 5.32 Å². The smallest absolute Gasteiger partial charge is 0.331 e. The maximum absolute atomic E-state index is 12.8. The van der Waals surface area contributed by atoms with E-state index in [1.54, 1.807) is 0 Å². The zero-order valence-corrected chi connectivity index (χ0v) is 13.6. The van der Waals surface area contributed by atoms with Gasteiger partial charge in [-0.15, -0.1) is 0 Å². The predicted molar refractivity (Wildman–Crippen MR) is 85.3 cm³/mol. The van der Waals surface area contributed by atoms with Gasteiger partial charge in [0.15, 0.2) is 0 Å². The van der Waals surface area contributed by atoms with Crippen LogP contribution in [0.2, 0.25) is 0 Å². The number of hydrogen-bond acceptors (Lipinski definition) is 3. The van der Waals surface area contributed by atoms with Crippen molar-refractivity contribution in [3.63, 3.8) is 0 Å². The maximum Gasteiger partial charge on any atom is 0.331 e. The molecule has 0 aliphatic heterocycles. The largest absolute Gasteiger partial charge is 0.464 e. The molecular weight excluding hydrogens is 262 g/mol. The van der Waals surface area contributed by atoms with Gasteiger partial charge in [0.25, 0.3) is 0 Å². The lowest BCUT2D eigenvalue weighted by atomic mass is 9.72. The third-order valence-corrected chi connectivity index (χ3v) is 4.63. The van der Waals surface area contributed by atoms with E-state index in [0.717, 1.165) is 24.8 Å². The molecule has 0 saturated heterocycles. The summed E-state index contributed by atoms with van der Waals surface area (Å²) >= 11 is 0. The van der Waals surface area contributed by atoms with Crippen LogP contribution in [0.15, 0.2) is 24.3 Å². The Morgan fingerprint density at radius 2 is 2.14 bits per heavy atom. The summed E-state index contributed by atoms with van der Waals surface area (Å²) in [6.45, 7) is 8.78. The van der Waals surface area contributed by atoms with Gasteiger partial charge in [-0.3, -0.25) is 5.32 Å². The number of carbonyl (C=O) groups excluding carboxylic acids is 1. The quantitative estimate of drug-likeness (QED) is 0.839. The SMILES string of the molecule is CCOC(=O)C1(NC(C)CC)CCC(C)c2ccccc21. The summed E-state index contributed by atoms with van der Waals surface area (Å²) in [7, 11) is 0. The minimum Gasteiger partial charge on any atom is -0.464 e. The first-order valence-corrected chi connectivity index (χ1v) is 8.09. The van der Waals surface area contributed by atoms with Crippen molar-refractivity contribution in [3.8, 4) is 0 Å². The van der Waals surface area contributed by atoms with Gasteiger partial charge in [-0.2, -0.15) is 0 Å². The fraction of sp³-hybridized carbons (Fsp3) is 0.611. The van der Waals surface area contributed by atoms with E-state index in [0.29, 0.717) is 12.5 Å². The summed E-state index contributed by atoms with van der Waals surface area (Å²) in [4.78, 5) is 12.8. The zero-order chi connectivity index (χ0) is 15.5. The first-order valence-electron chi connectivity index (χ1n) is 8.09. The van der Waals surface area contributed by atoms with Crippen molar-refractivity contribution < 1.29 is 9.53 Å². The van der Waals surface area contributed by atoms with E-state index in [9.17, 15) is 4.79 Å². The average Bonchev–Trinajstić information content (AvgIpc) is 2.50. The van der Waals surface area contributed by atoms with Crippen molar-refractivity contribution in [2.45, 2.75) is 64.5 Å². The highest BCUT2D eigenvalue weighted by Gasteiger charge is 2.46. The normalized spacial score (nSPS) is 26.0. The Bertz CT molecular complexity index is 500. The molecule has 3 unspecified atom stereocenters. The number of fused-ring (bicyclic) bond motifs is 1. The van der Waals surface area contributed by atoms with Gasteiger partial charge in [0.2, 0.25) is 0 Å². The minimum atomic E-state index is -0.686. The van der Waals surface area contributed by atoms with E-state index >= 15 is 0 Å². The minimum absolute atomic E-state index is 0.135. The van der Waals surface area contributed by atoms with Crippen LogP contribution in [0.3, 0.4) is 0 Å². The molecule has 0 amide bonds. The Hall–Kier alpha value is -1.35. The monoisotopic (exact) mass is 289 g/mol. The van der Waals surface area contributed by atoms with Gasteiger partial charge in [0.05, 0.1) is 6.61 Å². The lowest BCUT2D eigenvalue weighted by Gasteiger charge is -2.41. The van der Waals surface area contributed by atoms with Gasteiger partial charge < -0.3 is 4.74 Å². The molecule has 116 valence electrons. The molecule has 0 saturated carbocycles. The molecule has 1 aromatic rings. The van der Waals surface area contributed by atoms with Crippen LogP contribution in [-0.2, 0) is 15.1 Å². The number of esters is 1. The molecule has 3 nitrogen and oxygen atoms in total. The molecule has 0 bridgehead atoms. The molecular formula is C18H27NO2. The first kappa shape index (κ1) is 16.0. The first-order chi connectivity index (χ1) is 10.0. The van der Waals surface area contributed by atoms with Gasteiger partial charge >= 0.3 is 5.97 Å². The molecule has 0 radical (unpaired) electrons. The highest BCUT2D eigenvalue weighted by molar-refractivity contribution is 5.84. The Balaban J connectivity index is 2.50. The topological polar surface area (TPSA) is 38.3 Å². The van der Waals surface area contributed by atoms with E-state index in [4.69, 9.17) is 4.74 Å². The van der Waals surface area contributed by atoms with Crippen molar-refractivity contribution in [2.75, 3.05) is 6.61 Å². The number of rotatable bonds is 5. The number of carbonyl (C=O) groups is 1. The fourth-order valence-corrected chi connectivity index (χ4v) is 3.24. The van der Waals surface area contributed by atoms with Crippen LogP contribution >= 0.6 is 0 Å². The Labute approximate surface area is 128 Å². The van der Waals surface area contributed by atoms with E-state index < -0.39 is 5.54 Å². The van der Waals surface area contributed by atoms with Crippen LogP contribution in [0.4, 0.5) is 0 Å². The van der Waals surface area contributed by atoms with Crippen molar-refractivity contribution in [1.82, 2.24) is 5.32 Å². The van der Waals surface area contributed by atoms with Gasteiger partial charge in [-0.1, -0.05) is 38.1 Å². The number of hydrogen-bond donors (Lipinski definition) is 1. The fourth-order valence-electron chi connectivity index (χ4n) is 3.24. The molecule has 3 heteroatoms. The molecule has 0 spiro atoms. The summed E-state index contributed by atoms with van der Waals surface area (Å²) in [5, 5.41) is 3.57. The van der Waals surface area contributed by atoms with Crippen LogP contribution in [0, 0.1) is 0 Å². The highest BCUT2D eigenvalue weighted by Crippen LogP contribution is 2.42. The van der Waals surface area contributed by atoms with E-state index in [2.05, 4.69) is 44.3 Å². The Morgan fingerprint density at radius 1 is 1.43 bits per heavy atom. The summed E-state index contributed by atoms with van der Waals surface area (Å²) in [5.74, 6) is 0.354. The lowest BCUT2D eigenvalue weighted by molar-refractivity contribution is -0.153. The zero-order valence-electron chi connectivity index (χ0n) is 13.6. The molecule has 1 N–H and O–H groups in total. The molecule has 21 heavy (non-hydrogen) atoms. The van der Waals surface area contributed by atoms with Gasteiger partial charge in [-0.05, 0) is 50.2 Å². The number of ether oxygens (including phenoxy) is 1. The van der Waals surface area contributed by atoms with E-state index in [1.165, 1.54) is 5.56 Å². The molecule has 1 aliphatic carbocycles. The highest BCUT2D eigenvalue weighted by atomic mass is 16.5. The summed E-state index contributed by atoms with van der Waals surface area (Å²) in [6.07, 6.45) is 2.78.